The number of hydrogen-bond acceptors (Lipinski definition) is 4. The molecule has 0 aliphatic heterocycles. The molecular weight excluding hydrogens is 222 g/mol. The summed E-state index contributed by atoms with van der Waals surface area (Å²) in [4.78, 5) is 17.5. The van der Waals surface area contributed by atoms with E-state index in [1.165, 1.54) is 0 Å². The van der Waals surface area contributed by atoms with Crippen LogP contribution in [-0.2, 0) is 11.2 Å². The first kappa shape index (κ1) is 13.1. The Morgan fingerprint density at radius 1 is 1.62 bits per heavy atom. The Morgan fingerprint density at radius 2 is 2.38 bits per heavy atom. The van der Waals surface area contributed by atoms with Crippen LogP contribution in [0, 0.1) is 6.92 Å². The molecular formula is C11H19N3OS. The third-order valence-electron chi connectivity index (χ3n) is 2.40. The average molecular weight is 241 g/mol. The Hall–Kier alpha value is -0.940. The highest BCUT2D eigenvalue weighted by Gasteiger charge is 2.05. The van der Waals surface area contributed by atoms with Crippen LogP contribution < -0.4 is 5.32 Å². The molecule has 0 saturated heterocycles. The normalized spacial score (nSPS) is 10.4. The van der Waals surface area contributed by atoms with Crippen molar-refractivity contribution >= 4 is 17.2 Å². The van der Waals surface area contributed by atoms with Crippen LogP contribution in [0.1, 0.15) is 17.6 Å². The van der Waals surface area contributed by atoms with Crippen LogP contribution in [0.5, 0.6) is 0 Å². The number of thiazole rings is 1. The van der Waals surface area contributed by atoms with Gasteiger partial charge in [0.25, 0.3) is 0 Å². The first-order valence-electron chi connectivity index (χ1n) is 5.49. The van der Waals surface area contributed by atoms with Gasteiger partial charge in [-0.1, -0.05) is 0 Å². The molecule has 0 aromatic carbocycles. The molecule has 1 N–H and O–H groups in total. The molecule has 90 valence electrons. The van der Waals surface area contributed by atoms with Gasteiger partial charge in [-0.2, -0.15) is 0 Å². The quantitative estimate of drug-likeness (QED) is 0.758. The van der Waals surface area contributed by atoms with Crippen LogP contribution in [0.15, 0.2) is 5.38 Å². The number of aryl methyl sites for hydroxylation is 1. The van der Waals surface area contributed by atoms with Crippen molar-refractivity contribution in [3.8, 4) is 0 Å². The molecule has 0 unspecified atom stereocenters. The monoisotopic (exact) mass is 241 g/mol. The van der Waals surface area contributed by atoms with E-state index >= 15 is 0 Å². The minimum atomic E-state index is 0.136. The zero-order valence-electron chi connectivity index (χ0n) is 10.1. The number of nitrogens with one attached hydrogen (secondary N) is 1. The zero-order chi connectivity index (χ0) is 12.0. The number of carbonyl (C=O) groups is 1. The second-order valence-corrected chi connectivity index (χ2v) is 4.75. The van der Waals surface area contributed by atoms with E-state index in [4.69, 9.17) is 0 Å². The Kier molecular flexibility index (Phi) is 5.42. The fourth-order valence-electron chi connectivity index (χ4n) is 1.25. The van der Waals surface area contributed by atoms with Crippen molar-refractivity contribution in [2.45, 2.75) is 20.3 Å². The number of rotatable bonds is 6. The van der Waals surface area contributed by atoms with Gasteiger partial charge in [-0.15, -0.1) is 11.3 Å². The summed E-state index contributed by atoms with van der Waals surface area (Å²) >= 11 is 1.66. The van der Waals surface area contributed by atoms with Crippen LogP contribution in [-0.4, -0.2) is 42.5 Å². The van der Waals surface area contributed by atoms with E-state index in [1.54, 1.807) is 16.2 Å². The van der Waals surface area contributed by atoms with Gasteiger partial charge >= 0.3 is 0 Å². The Bertz CT molecular complexity index is 338. The fraction of sp³-hybridized carbons (Fsp3) is 0.636. The standard InChI is InChI=1S/C11H19N3OS/c1-4-14(3)11(15)7-12-6-5-10-8-16-9(2)13-10/h8,12H,4-7H2,1-3H3. The molecule has 0 saturated carbocycles. The Morgan fingerprint density at radius 3 is 2.94 bits per heavy atom. The van der Waals surface area contributed by atoms with Crippen molar-refractivity contribution < 1.29 is 4.79 Å². The SMILES string of the molecule is CCN(C)C(=O)CNCCc1csc(C)n1. The molecule has 0 aliphatic carbocycles. The van der Waals surface area contributed by atoms with Gasteiger partial charge in [0, 0.05) is 31.9 Å². The van der Waals surface area contributed by atoms with E-state index in [-0.39, 0.29) is 5.91 Å². The highest BCUT2D eigenvalue weighted by Crippen LogP contribution is 2.07. The molecule has 0 aliphatic rings. The van der Waals surface area contributed by atoms with Crippen LogP contribution >= 0.6 is 11.3 Å². The summed E-state index contributed by atoms with van der Waals surface area (Å²) in [6.45, 7) is 5.93. The molecule has 0 fully saturated rings. The van der Waals surface area contributed by atoms with Gasteiger partial charge in [0.05, 0.1) is 17.2 Å². The van der Waals surface area contributed by atoms with Crippen molar-refractivity contribution in [3.63, 3.8) is 0 Å². The van der Waals surface area contributed by atoms with Gasteiger partial charge in [-0.25, -0.2) is 4.98 Å². The number of nitrogens with zero attached hydrogens (tertiary/aromatic N) is 2. The number of carbonyl (C=O) groups excluding carboxylic acids is 1. The third kappa shape index (κ3) is 4.28. The number of amides is 1. The lowest BCUT2D eigenvalue weighted by Gasteiger charge is -2.14. The first-order valence-corrected chi connectivity index (χ1v) is 6.37. The molecule has 1 aromatic heterocycles. The van der Waals surface area contributed by atoms with Gasteiger partial charge in [-0.05, 0) is 13.8 Å². The molecule has 0 spiro atoms. The molecule has 5 heteroatoms. The van der Waals surface area contributed by atoms with Crippen molar-refractivity contribution in [1.29, 1.82) is 0 Å². The lowest BCUT2D eigenvalue weighted by molar-refractivity contribution is -0.128. The van der Waals surface area contributed by atoms with E-state index in [1.807, 2.05) is 20.9 Å². The van der Waals surface area contributed by atoms with Crippen molar-refractivity contribution in [3.05, 3.63) is 16.1 Å². The summed E-state index contributed by atoms with van der Waals surface area (Å²) in [5.74, 6) is 0.136. The number of likely N-dealkylation sites (N-methyl/N-ethyl adjacent to an activating group) is 1. The Labute approximate surface area is 101 Å². The highest BCUT2D eigenvalue weighted by molar-refractivity contribution is 7.09. The smallest absolute Gasteiger partial charge is 0.236 e. The van der Waals surface area contributed by atoms with Crippen LogP contribution in [0.3, 0.4) is 0 Å². The van der Waals surface area contributed by atoms with Gasteiger partial charge in [0.2, 0.25) is 5.91 Å². The van der Waals surface area contributed by atoms with Crippen LogP contribution in [0.25, 0.3) is 0 Å². The molecule has 1 amide bonds. The fourth-order valence-corrected chi connectivity index (χ4v) is 1.89. The number of hydrogen-bond donors (Lipinski definition) is 1. The topological polar surface area (TPSA) is 45.2 Å². The summed E-state index contributed by atoms with van der Waals surface area (Å²) in [6.07, 6.45) is 0.882. The molecule has 0 bridgehead atoms. The second kappa shape index (κ2) is 6.60. The zero-order valence-corrected chi connectivity index (χ0v) is 10.9. The molecule has 1 rings (SSSR count). The van der Waals surface area contributed by atoms with E-state index in [9.17, 15) is 4.79 Å². The largest absolute Gasteiger partial charge is 0.345 e. The maximum atomic E-state index is 11.4. The summed E-state index contributed by atoms with van der Waals surface area (Å²) < 4.78 is 0. The summed E-state index contributed by atoms with van der Waals surface area (Å²) in [6, 6.07) is 0. The van der Waals surface area contributed by atoms with Crippen LogP contribution in [0.4, 0.5) is 0 Å². The second-order valence-electron chi connectivity index (χ2n) is 3.69. The van der Waals surface area contributed by atoms with Crippen molar-refractivity contribution in [1.82, 2.24) is 15.2 Å². The van der Waals surface area contributed by atoms with E-state index in [2.05, 4.69) is 15.7 Å². The minimum Gasteiger partial charge on any atom is -0.345 e. The predicted octanol–water partition coefficient (Wildman–Crippen LogP) is 1.06. The lowest BCUT2D eigenvalue weighted by atomic mass is 10.3. The van der Waals surface area contributed by atoms with E-state index in [0.717, 1.165) is 30.2 Å². The maximum absolute atomic E-state index is 11.4. The Balaban J connectivity index is 2.15. The average Bonchev–Trinajstić information content (AvgIpc) is 2.69. The van der Waals surface area contributed by atoms with E-state index in [0.29, 0.717) is 6.54 Å². The molecule has 0 radical (unpaired) electrons. The maximum Gasteiger partial charge on any atom is 0.236 e. The molecule has 1 heterocycles. The number of aromatic nitrogens is 1. The molecule has 16 heavy (non-hydrogen) atoms. The highest BCUT2D eigenvalue weighted by atomic mass is 32.1. The molecule has 4 nitrogen and oxygen atoms in total. The van der Waals surface area contributed by atoms with E-state index < -0.39 is 0 Å². The van der Waals surface area contributed by atoms with Crippen molar-refractivity contribution in [2.75, 3.05) is 26.7 Å². The van der Waals surface area contributed by atoms with Crippen LogP contribution in [0.2, 0.25) is 0 Å². The predicted molar refractivity (Wildman–Crippen MR) is 66.7 cm³/mol. The minimum absolute atomic E-state index is 0.136. The van der Waals surface area contributed by atoms with Gasteiger partial charge in [-0.3, -0.25) is 4.79 Å². The molecule has 1 aromatic rings. The molecule has 0 atom stereocenters. The summed E-state index contributed by atoms with van der Waals surface area (Å²) in [7, 11) is 1.81. The van der Waals surface area contributed by atoms with Gasteiger partial charge < -0.3 is 10.2 Å². The van der Waals surface area contributed by atoms with Gasteiger partial charge in [0.1, 0.15) is 0 Å². The lowest BCUT2D eigenvalue weighted by Crippen LogP contribution is -2.36. The van der Waals surface area contributed by atoms with Crippen molar-refractivity contribution in [2.24, 2.45) is 0 Å². The third-order valence-corrected chi connectivity index (χ3v) is 3.22. The summed E-state index contributed by atoms with van der Waals surface area (Å²) in [5, 5.41) is 6.29. The summed E-state index contributed by atoms with van der Waals surface area (Å²) in [5.41, 5.74) is 1.10. The first-order chi connectivity index (χ1) is 7.63. The van der Waals surface area contributed by atoms with Gasteiger partial charge in [0.15, 0.2) is 0 Å².